The smallest absolute Gasteiger partial charge is 0.311 e. The number of fused-ring (bicyclic) bond motifs is 2. The molecule has 2 aliphatic heterocycles. The van der Waals surface area contributed by atoms with Crippen molar-refractivity contribution in [3.05, 3.63) is 52.5 Å². The molecule has 0 saturated carbocycles. The molecule has 0 spiro atoms. The van der Waals surface area contributed by atoms with Crippen LogP contribution in [0.5, 0.6) is 5.75 Å². The van der Waals surface area contributed by atoms with Crippen molar-refractivity contribution in [2.75, 3.05) is 18.0 Å². The van der Waals surface area contributed by atoms with Crippen LogP contribution in [0.2, 0.25) is 0 Å². The molecule has 2 amide bonds. The Kier molecular flexibility index (Phi) is 9.00. The fraction of sp³-hybridized carbons (Fsp3) is 0.500. The van der Waals surface area contributed by atoms with Gasteiger partial charge in [-0.3, -0.25) is 19.7 Å². The molecule has 2 aromatic carbocycles. The fourth-order valence-corrected chi connectivity index (χ4v) is 6.07. The number of carbonyl (C=O) groups is 3. The van der Waals surface area contributed by atoms with Crippen LogP contribution in [0.3, 0.4) is 0 Å². The monoisotopic (exact) mass is 563 g/mol. The minimum Gasteiger partial charge on any atom is -0.424 e. The Labute approximate surface area is 239 Å². The molecule has 0 bridgehead atoms. The standard InChI is InChI=1S/C32H38FN3O5/c1-3-5-6-7-8-9-10-11-27(37)40-30-22(4-2)28-24(31(38)34-32(28)39)19-25(30)36-16-14-20(15-17-36)29-23-13-12-21(33)18-26(23)41-35-29/h12-13,18-20H,3-11,14-17H2,1-2H3,(H,34,38,39). The van der Waals surface area contributed by atoms with E-state index in [1.165, 1.54) is 37.8 Å². The zero-order valence-corrected chi connectivity index (χ0v) is 23.9. The molecule has 41 heavy (non-hydrogen) atoms. The molecule has 9 heteroatoms. The van der Waals surface area contributed by atoms with Gasteiger partial charge in [0, 0.05) is 42.4 Å². The van der Waals surface area contributed by atoms with E-state index >= 15 is 0 Å². The predicted molar refractivity (Wildman–Crippen MR) is 154 cm³/mol. The van der Waals surface area contributed by atoms with E-state index in [1.807, 2.05) is 6.92 Å². The van der Waals surface area contributed by atoms with Crippen LogP contribution >= 0.6 is 0 Å². The quantitative estimate of drug-likeness (QED) is 0.111. The van der Waals surface area contributed by atoms with E-state index in [4.69, 9.17) is 9.26 Å². The normalized spacial score (nSPS) is 15.4. The fourth-order valence-electron chi connectivity index (χ4n) is 6.07. The number of esters is 1. The van der Waals surface area contributed by atoms with Gasteiger partial charge in [0.2, 0.25) is 0 Å². The summed E-state index contributed by atoms with van der Waals surface area (Å²) in [4.78, 5) is 40.4. The summed E-state index contributed by atoms with van der Waals surface area (Å²) >= 11 is 0. The number of carbonyl (C=O) groups excluding carboxylic acids is 3. The number of imide groups is 1. The summed E-state index contributed by atoms with van der Waals surface area (Å²) in [5.74, 6) is -1.08. The molecule has 1 aromatic heterocycles. The van der Waals surface area contributed by atoms with Crippen molar-refractivity contribution in [3.8, 4) is 5.75 Å². The topological polar surface area (TPSA) is 102 Å². The number of aromatic nitrogens is 1. The molecule has 8 nitrogen and oxygen atoms in total. The molecule has 0 unspecified atom stereocenters. The van der Waals surface area contributed by atoms with Gasteiger partial charge in [-0.25, -0.2) is 4.39 Å². The first-order valence-corrected chi connectivity index (χ1v) is 15.0. The lowest BCUT2D eigenvalue weighted by Crippen LogP contribution is -2.34. The number of amides is 2. The van der Waals surface area contributed by atoms with Crippen molar-refractivity contribution in [2.24, 2.45) is 0 Å². The van der Waals surface area contributed by atoms with Gasteiger partial charge in [0.1, 0.15) is 5.82 Å². The summed E-state index contributed by atoms with van der Waals surface area (Å²) in [6, 6.07) is 6.15. The van der Waals surface area contributed by atoms with Crippen molar-refractivity contribution in [1.82, 2.24) is 10.5 Å². The Morgan fingerprint density at radius 3 is 2.51 bits per heavy atom. The van der Waals surface area contributed by atoms with Gasteiger partial charge >= 0.3 is 5.97 Å². The number of piperidine rings is 1. The Hall–Kier alpha value is -3.75. The highest BCUT2D eigenvalue weighted by Gasteiger charge is 2.35. The number of rotatable bonds is 12. The summed E-state index contributed by atoms with van der Waals surface area (Å²) < 4.78 is 25.0. The summed E-state index contributed by atoms with van der Waals surface area (Å²) in [5.41, 5.74) is 3.11. The number of benzene rings is 2. The second-order valence-corrected chi connectivity index (χ2v) is 11.1. The molecule has 0 aliphatic carbocycles. The number of nitrogens with zero attached hydrogens (tertiary/aromatic N) is 2. The van der Waals surface area contributed by atoms with Gasteiger partial charge in [-0.1, -0.05) is 57.5 Å². The van der Waals surface area contributed by atoms with Crippen LogP contribution in [0.4, 0.5) is 10.1 Å². The lowest BCUT2D eigenvalue weighted by atomic mass is 9.90. The number of unbranched alkanes of at least 4 members (excludes halogenated alkanes) is 6. The third-order valence-electron chi connectivity index (χ3n) is 8.30. The number of hydrogen-bond acceptors (Lipinski definition) is 7. The average Bonchev–Trinajstić information content (AvgIpc) is 3.51. The van der Waals surface area contributed by atoms with Gasteiger partial charge in [-0.2, -0.15) is 0 Å². The van der Waals surface area contributed by atoms with Crippen LogP contribution in [-0.2, 0) is 11.2 Å². The highest BCUT2D eigenvalue weighted by Crippen LogP contribution is 2.42. The second kappa shape index (κ2) is 12.8. The molecule has 218 valence electrons. The summed E-state index contributed by atoms with van der Waals surface area (Å²) in [5, 5.41) is 7.45. The molecule has 0 radical (unpaired) electrons. The van der Waals surface area contributed by atoms with E-state index < -0.39 is 11.8 Å². The average molecular weight is 564 g/mol. The Morgan fingerprint density at radius 1 is 1.05 bits per heavy atom. The molecular weight excluding hydrogens is 525 g/mol. The van der Waals surface area contributed by atoms with E-state index in [-0.39, 0.29) is 17.7 Å². The van der Waals surface area contributed by atoms with Crippen molar-refractivity contribution in [3.63, 3.8) is 0 Å². The van der Waals surface area contributed by atoms with Crippen LogP contribution in [0.15, 0.2) is 28.8 Å². The molecule has 2 aliphatic rings. The van der Waals surface area contributed by atoms with Gasteiger partial charge in [-0.05, 0) is 43.9 Å². The molecule has 1 saturated heterocycles. The van der Waals surface area contributed by atoms with Crippen LogP contribution in [-0.4, -0.2) is 36.0 Å². The first-order valence-electron chi connectivity index (χ1n) is 15.0. The first kappa shape index (κ1) is 28.8. The molecule has 5 rings (SSSR count). The number of anilines is 1. The molecule has 0 atom stereocenters. The lowest BCUT2D eigenvalue weighted by Gasteiger charge is -2.34. The second-order valence-electron chi connectivity index (χ2n) is 11.1. The lowest BCUT2D eigenvalue weighted by molar-refractivity contribution is -0.134. The first-order chi connectivity index (χ1) is 19.9. The zero-order valence-electron chi connectivity index (χ0n) is 23.9. The maximum Gasteiger partial charge on any atom is 0.311 e. The third-order valence-corrected chi connectivity index (χ3v) is 8.30. The Bertz CT molecular complexity index is 1440. The Morgan fingerprint density at radius 2 is 1.78 bits per heavy atom. The van der Waals surface area contributed by atoms with Gasteiger partial charge in [0.05, 0.1) is 22.5 Å². The molecule has 1 N–H and O–H groups in total. The maximum absolute atomic E-state index is 13.6. The van der Waals surface area contributed by atoms with E-state index in [2.05, 4.69) is 22.3 Å². The minimum atomic E-state index is -0.453. The van der Waals surface area contributed by atoms with Crippen LogP contribution < -0.4 is 15.0 Å². The third kappa shape index (κ3) is 6.14. The van der Waals surface area contributed by atoms with Crippen LogP contribution in [0, 0.1) is 5.82 Å². The predicted octanol–water partition coefficient (Wildman–Crippen LogP) is 6.84. The molecular formula is C32H38FN3O5. The van der Waals surface area contributed by atoms with E-state index in [9.17, 15) is 18.8 Å². The summed E-state index contributed by atoms with van der Waals surface area (Å²) in [6.45, 7) is 5.34. The number of halogens is 1. The van der Waals surface area contributed by atoms with Crippen LogP contribution in [0.1, 0.15) is 116 Å². The molecule has 1 fully saturated rings. The van der Waals surface area contributed by atoms with Crippen LogP contribution in [0.25, 0.3) is 11.0 Å². The number of ether oxygens (including phenoxy) is 1. The van der Waals surface area contributed by atoms with Crippen molar-refractivity contribution < 1.29 is 28.0 Å². The van der Waals surface area contributed by atoms with Gasteiger partial charge in [0.25, 0.3) is 11.8 Å². The molecule has 3 aromatic rings. The van der Waals surface area contributed by atoms with E-state index in [0.29, 0.717) is 59.6 Å². The van der Waals surface area contributed by atoms with Gasteiger partial charge in [-0.15, -0.1) is 0 Å². The summed E-state index contributed by atoms with van der Waals surface area (Å²) in [7, 11) is 0. The zero-order chi connectivity index (χ0) is 28.9. The number of hydrogen-bond donors (Lipinski definition) is 1. The van der Waals surface area contributed by atoms with Crippen molar-refractivity contribution >= 4 is 34.4 Å². The van der Waals surface area contributed by atoms with Gasteiger partial charge < -0.3 is 14.2 Å². The highest BCUT2D eigenvalue weighted by molar-refractivity contribution is 6.23. The maximum atomic E-state index is 13.6. The minimum absolute atomic E-state index is 0.117. The van der Waals surface area contributed by atoms with Crippen molar-refractivity contribution in [2.45, 2.75) is 90.4 Å². The highest BCUT2D eigenvalue weighted by atomic mass is 19.1. The van der Waals surface area contributed by atoms with Gasteiger partial charge in [0.15, 0.2) is 11.3 Å². The Balaban J connectivity index is 1.34. The molecule has 3 heterocycles. The number of nitrogens with one attached hydrogen (secondary N) is 1. The van der Waals surface area contributed by atoms with E-state index in [1.54, 1.807) is 12.1 Å². The largest absolute Gasteiger partial charge is 0.424 e. The van der Waals surface area contributed by atoms with E-state index in [0.717, 1.165) is 43.2 Å². The SMILES string of the molecule is CCCCCCCCCC(=O)Oc1c(N2CCC(c3noc4cc(F)ccc34)CC2)cc2c(c1CC)C(=O)NC2=O. The summed E-state index contributed by atoms with van der Waals surface area (Å²) in [6.07, 6.45) is 9.92. The van der Waals surface area contributed by atoms with Crippen molar-refractivity contribution in [1.29, 1.82) is 0 Å².